The Kier molecular flexibility index (Phi) is 16.5. The molecule has 0 aliphatic rings. The summed E-state index contributed by atoms with van der Waals surface area (Å²) in [4.78, 5) is 83.5. The molecule has 0 saturated carbocycles. The van der Waals surface area contributed by atoms with Crippen molar-refractivity contribution >= 4 is 46.6 Å². The molecule has 0 aliphatic heterocycles. The van der Waals surface area contributed by atoms with E-state index in [4.69, 9.17) is 15.2 Å². The molecule has 302 valence electrons. The van der Waals surface area contributed by atoms with Crippen molar-refractivity contribution in [2.45, 2.75) is 77.2 Å². The molecule has 4 rings (SSSR count). The van der Waals surface area contributed by atoms with Gasteiger partial charge in [0, 0.05) is 18.4 Å². The number of hydrazine groups is 1. The van der Waals surface area contributed by atoms with Crippen LogP contribution in [0.5, 0.6) is 0 Å². The van der Waals surface area contributed by atoms with Gasteiger partial charge in [-0.05, 0) is 42.0 Å². The zero-order chi connectivity index (χ0) is 41.3. The maximum Gasteiger partial charge on any atom is 0.407 e. The van der Waals surface area contributed by atoms with Crippen LogP contribution >= 0.6 is 0 Å². The number of benzene rings is 3. The van der Waals surface area contributed by atoms with Crippen molar-refractivity contribution in [1.29, 1.82) is 0 Å². The molecule has 15 heteroatoms. The van der Waals surface area contributed by atoms with Crippen LogP contribution in [0.4, 0.5) is 4.79 Å². The molecule has 0 unspecified atom stereocenters. The number of esters is 1. The third-order valence-electron chi connectivity index (χ3n) is 8.96. The van der Waals surface area contributed by atoms with Gasteiger partial charge < -0.3 is 31.2 Å². The van der Waals surface area contributed by atoms with E-state index in [1.807, 2.05) is 79.7 Å². The maximum absolute atomic E-state index is 14.2. The average molecular weight is 782 g/mol. The second kappa shape index (κ2) is 21.7. The number of amides is 5. The summed E-state index contributed by atoms with van der Waals surface area (Å²) in [5, 5.41) is 10.5. The van der Waals surface area contributed by atoms with Crippen LogP contribution < -0.4 is 27.1 Å². The van der Waals surface area contributed by atoms with Gasteiger partial charge in [0.1, 0.15) is 23.9 Å². The number of ether oxygens (including phenoxy) is 2. The van der Waals surface area contributed by atoms with Gasteiger partial charge in [-0.25, -0.2) is 14.8 Å². The Balaban J connectivity index is 1.70. The number of rotatable bonds is 20. The number of alkyl carbamates (subject to hydrolysis) is 1. The highest BCUT2D eigenvalue weighted by Gasteiger charge is 2.34. The second-order valence-electron chi connectivity index (χ2n) is 13.9. The van der Waals surface area contributed by atoms with Gasteiger partial charge >= 0.3 is 12.1 Å². The van der Waals surface area contributed by atoms with Gasteiger partial charge in [0.15, 0.2) is 0 Å². The molecule has 0 radical (unpaired) electrons. The SMILES string of the molecule is CCCC(=O)O[C@@H](CN(Cc1ccccc1)NC(=O)[C@@H](NC(=O)OC)C(C)C)[C@H](Cc1ccccc1)NC(=O)[C@H](CC(N)=O)NC(=O)c1ccc2ccccc2n1. The zero-order valence-electron chi connectivity index (χ0n) is 32.6. The van der Waals surface area contributed by atoms with E-state index in [-0.39, 0.29) is 37.5 Å². The van der Waals surface area contributed by atoms with Gasteiger partial charge in [-0.15, -0.1) is 0 Å². The number of pyridine rings is 1. The van der Waals surface area contributed by atoms with Crippen LogP contribution in [-0.2, 0) is 41.6 Å². The molecule has 4 atom stereocenters. The van der Waals surface area contributed by atoms with Crippen LogP contribution in [0.3, 0.4) is 0 Å². The van der Waals surface area contributed by atoms with Crippen LogP contribution in [0.2, 0.25) is 0 Å². The largest absolute Gasteiger partial charge is 0.459 e. The molecule has 0 spiro atoms. The molecule has 57 heavy (non-hydrogen) atoms. The minimum Gasteiger partial charge on any atom is -0.459 e. The molecule has 0 saturated heterocycles. The number of para-hydroxylation sites is 1. The van der Waals surface area contributed by atoms with Crippen molar-refractivity contribution in [3.63, 3.8) is 0 Å². The van der Waals surface area contributed by atoms with Crippen LogP contribution in [0.1, 0.15) is 61.6 Å². The van der Waals surface area contributed by atoms with Crippen LogP contribution in [0.25, 0.3) is 10.9 Å². The number of nitrogens with two attached hydrogens (primary N) is 1. The summed E-state index contributed by atoms with van der Waals surface area (Å²) in [5.74, 6) is -3.75. The Morgan fingerprint density at radius 1 is 0.789 bits per heavy atom. The smallest absolute Gasteiger partial charge is 0.407 e. The quantitative estimate of drug-likeness (QED) is 0.0650. The minimum atomic E-state index is -1.43. The minimum absolute atomic E-state index is 0.0249. The lowest BCUT2D eigenvalue weighted by atomic mass is 9.99. The number of primary amides is 1. The highest BCUT2D eigenvalue weighted by atomic mass is 16.5. The van der Waals surface area contributed by atoms with Gasteiger partial charge in [-0.2, -0.15) is 0 Å². The predicted octanol–water partition coefficient (Wildman–Crippen LogP) is 3.56. The van der Waals surface area contributed by atoms with Crippen LogP contribution in [0.15, 0.2) is 97.1 Å². The lowest BCUT2D eigenvalue weighted by Gasteiger charge is -2.34. The van der Waals surface area contributed by atoms with E-state index in [2.05, 4.69) is 26.4 Å². The summed E-state index contributed by atoms with van der Waals surface area (Å²) in [7, 11) is 1.20. The van der Waals surface area contributed by atoms with Crippen LogP contribution in [0, 0.1) is 5.92 Å². The number of nitrogens with one attached hydrogen (secondary N) is 4. The molecular weight excluding hydrogens is 731 g/mol. The Bertz CT molecular complexity index is 1980. The number of fused-ring (bicyclic) bond motifs is 1. The number of hydrogen-bond acceptors (Lipinski definition) is 10. The van der Waals surface area contributed by atoms with E-state index in [0.717, 1.165) is 16.5 Å². The van der Waals surface area contributed by atoms with Crippen molar-refractivity contribution in [2.24, 2.45) is 11.7 Å². The molecule has 6 N–H and O–H groups in total. The first-order valence-electron chi connectivity index (χ1n) is 18.8. The van der Waals surface area contributed by atoms with Crippen molar-refractivity contribution in [2.75, 3.05) is 13.7 Å². The Morgan fingerprint density at radius 3 is 2.07 bits per heavy atom. The van der Waals surface area contributed by atoms with E-state index in [1.54, 1.807) is 37.1 Å². The summed E-state index contributed by atoms with van der Waals surface area (Å²) in [5.41, 5.74) is 10.6. The van der Waals surface area contributed by atoms with Crippen molar-refractivity contribution in [3.05, 3.63) is 114 Å². The summed E-state index contributed by atoms with van der Waals surface area (Å²) in [6.45, 7) is 5.36. The van der Waals surface area contributed by atoms with E-state index in [0.29, 0.717) is 11.9 Å². The number of aromatic nitrogens is 1. The number of carbonyl (C=O) groups is 6. The molecule has 3 aromatic carbocycles. The number of methoxy groups -OCH3 is 1. The predicted molar refractivity (Wildman–Crippen MR) is 213 cm³/mol. The van der Waals surface area contributed by atoms with Gasteiger partial charge in [0.25, 0.3) is 11.8 Å². The Hall–Kier alpha value is -6.35. The van der Waals surface area contributed by atoms with Crippen molar-refractivity contribution in [1.82, 2.24) is 31.4 Å². The monoisotopic (exact) mass is 781 g/mol. The first-order valence-corrected chi connectivity index (χ1v) is 18.8. The standard InChI is InChI=1S/C42H51N7O8/c1-5-14-37(51)57-35(26-49(25-29-17-10-7-11-18-29)48-41(54)38(27(2)3)47-42(55)56-4)33(23-28-15-8-6-9-16-28)45-40(53)34(24-36(43)50)46-39(52)32-22-21-30-19-12-13-20-31(30)44-32/h6-13,15-22,27,33-35,38H,5,14,23-26H2,1-4H3,(H2,43,50)(H,45,53)(H,46,52)(H,47,55)(H,48,54)/t33-,34-,35-,38-/m0/s1. The highest BCUT2D eigenvalue weighted by Crippen LogP contribution is 2.16. The molecule has 1 aromatic heterocycles. The molecule has 0 aliphatic carbocycles. The van der Waals surface area contributed by atoms with Gasteiger partial charge in [0.05, 0.1) is 31.6 Å². The van der Waals surface area contributed by atoms with Gasteiger partial charge in [-0.3, -0.25) is 29.4 Å². The Labute approximate surface area is 332 Å². The molecule has 4 aromatic rings. The lowest BCUT2D eigenvalue weighted by Crippen LogP contribution is -2.59. The maximum atomic E-state index is 14.2. The Morgan fingerprint density at radius 2 is 1.44 bits per heavy atom. The first-order chi connectivity index (χ1) is 27.4. The summed E-state index contributed by atoms with van der Waals surface area (Å²) in [6, 6.07) is 25.5. The normalized spacial score (nSPS) is 13.2. The van der Waals surface area contributed by atoms with E-state index < -0.39 is 66.3 Å². The number of hydrogen-bond donors (Lipinski definition) is 5. The fourth-order valence-corrected chi connectivity index (χ4v) is 6.06. The number of carbonyl (C=O) groups excluding carboxylic acids is 6. The molecule has 0 fully saturated rings. The summed E-state index contributed by atoms with van der Waals surface area (Å²) in [6.07, 6.45) is -1.73. The number of nitrogens with zero attached hydrogens (tertiary/aromatic N) is 2. The lowest BCUT2D eigenvalue weighted by molar-refractivity contribution is -0.153. The average Bonchev–Trinajstić information content (AvgIpc) is 3.19. The van der Waals surface area contributed by atoms with E-state index >= 15 is 0 Å². The van der Waals surface area contributed by atoms with Gasteiger partial charge in [-0.1, -0.05) is 106 Å². The highest BCUT2D eigenvalue weighted by molar-refractivity contribution is 5.99. The topological polar surface area (TPSA) is 211 Å². The zero-order valence-corrected chi connectivity index (χ0v) is 32.6. The third kappa shape index (κ3) is 13.7. The fourth-order valence-electron chi connectivity index (χ4n) is 6.06. The molecule has 15 nitrogen and oxygen atoms in total. The molecule has 1 heterocycles. The van der Waals surface area contributed by atoms with Crippen LogP contribution in [-0.4, -0.2) is 83.6 Å². The second-order valence-corrected chi connectivity index (χ2v) is 13.9. The molecule has 5 amide bonds. The van der Waals surface area contributed by atoms with Gasteiger partial charge in [0.2, 0.25) is 11.8 Å². The van der Waals surface area contributed by atoms with E-state index in [1.165, 1.54) is 13.2 Å². The molecular formula is C42H51N7O8. The third-order valence-corrected chi connectivity index (χ3v) is 8.96. The molecule has 0 bridgehead atoms. The first kappa shape index (κ1) is 43.4. The summed E-state index contributed by atoms with van der Waals surface area (Å²) < 4.78 is 10.8. The summed E-state index contributed by atoms with van der Waals surface area (Å²) >= 11 is 0. The van der Waals surface area contributed by atoms with Crippen molar-refractivity contribution < 1.29 is 38.2 Å². The van der Waals surface area contributed by atoms with E-state index in [9.17, 15) is 28.8 Å². The fraction of sp³-hybridized carbons (Fsp3) is 0.357. The van der Waals surface area contributed by atoms with Crippen molar-refractivity contribution in [3.8, 4) is 0 Å².